The molecule has 0 unspecified atom stereocenters. The van der Waals surface area contributed by atoms with Gasteiger partial charge in [-0.05, 0) is 42.0 Å². The Hall–Kier alpha value is -1.78. The first kappa shape index (κ1) is 14.6. The molecule has 0 saturated carbocycles. The van der Waals surface area contributed by atoms with Gasteiger partial charge in [0.2, 0.25) is 0 Å². The molecule has 2 aromatic carbocycles. The molecule has 0 fully saturated rings. The second-order valence-electron chi connectivity index (χ2n) is 4.00. The van der Waals surface area contributed by atoms with Crippen molar-refractivity contribution in [3.63, 3.8) is 0 Å². The predicted molar refractivity (Wildman–Crippen MR) is 86.8 cm³/mol. The van der Waals surface area contributed by atoms with Crippen LogP contribution in [0.3, 0.4) is 0 Å². The van der Waals surface area contributed by atoms with E-state index in [0.29, 0.717) is 10.7 Å². The molecule has 0 heterocycles. The summed E-state index contributed by atoms with van der Waals surface area (Å²) < 4.78 is 0.989. The highest BCUT2D eigenvalue weighted by atomic mass is 79.9. The van der Waals surface area contributed by atoms with Crippen LogP contribution < -0.4 is 10.6 Å². The van der Waals surface area contributed by atoms with E-state index in [9.17, 15) is 4.79 Å². The van der Waals surface area contributed by atoms with Crippen molar-refractivity contribution in [3.05, 3.63) is 69.8 Å². The summed E-state index contributed by atoms with van der Waals surface area (Å²) in [6.07, 6.45) is 3.39. The van der Waals surface area contributed by atoms with Crippen LogP contribution in [0.1, 0.15) is 5.56 Å². The highest BCUT2D eigenvalue weighted by molar-refractivity contribution is 9.10. The van der Waals surface area contributed by atoms with Crippen molar-refractivity contribution in [2.45, 2.75) is 0 Å². The van der Waals surface area contributed by atoms with Gasteiger partial charge in [-0.1, -0.05) is 45.7 Å². The fraction of sp³-hybridized carbons (Fsp3) is 0. The Morgan fingerprint density at radius 3 is 2.70 bits per heavy atom. The molecule has 0 radical (unpaired) electrons. The molecule has 2 amide bonds. The smallest absolute Gasteiger partial charge is 0.314 e. The molecular weight excluding hydrogens is 340 g/mol. The van der Waals surface area contributed by atoms with Gasteiger partial charge in [-0.3, -0.25) is 0 Å². The number of hydrogen-bond donors (Lipinski definition) is 2. The Bertz CT molecular complexity index is 643. The van der Waals surface area contributed by atoms with Crippen LogP contribution in [0.15, 0.2) is 59.2 Å². The minimum absolute atomic E-state index is 0.321. The molecule has 102 valence electrons. The molecule has 0 aromatic heterocycles. The first-order valence-corrected chi connectivity index (χ1v) is 7.06. The third-order valence-corrected chi connectivity index (χ3v) is 3.15. The number of hydrogen-bond acceptors (Lipinski definition) is 1. The molecule has 2 aromatic rings. The zero-order valence-electron chi connectivity index (χ0n) is 10.4. The van der Waals surface area contributed by atoms with E-state index in [2.05, 4.69) is 26.6 Å². The Labute approximate surface area is 130 Å². The molecule has 5 heteroatoms. The van der Waals surface area contributed by atoms with Crippen molar-refractivity contribution in [3.8, 4) is 0 Å². The lowest BCUT2D eigenvalue weighted by molar-refractivity contribution is 0.255. The summed E-state index contributed by atoms with van der Waals surface area (Å²) in [4.78, 5) is 11.7. The van der Waals surface area contributed by atoms with Gasteiger partial charge in [-0.2, -0.15) is 0 Å². The number of rotatable bonds is 3. The summed E-state index contributed by atoms with van der Waals surface area (Å²) in [7, 11) is 0. The molecule has 0 aliphatic heterocycles. The summed E-state index contributed by atoms with van der Waals surface area (Å²) in [5.41, 5.74) is 1.63. The van der Waals surface area contributed by atoms with E-state index in [1.165, 1.54) is 0 Å². The maximum atomic E-state index is 11.7. The lowest BCUT2D eigenvalue weighted by atomic mass is 10.2. The van der Waals surface area contributed by atoms with Gasteiger partial charge in [-0.15, -0.1) is 0 Å². The fourth-order valence-corrected chi connectivity index (χ4v) is 2.16. The van der Waals surface area contributed by atoms with Crippen LogP contribution >= 0.6 is 27.5 Å². The second-order valence-corrected chi connectivity index (χ2v) is 5.35. The molecular formula is C15H12BrClN2O. The van der Waals surface area contributed by atoms with Gasteiger partial charge in [0.25, 0.3) is 0 Å². The van der Waals surface area contributed by atoms with Crippen LogP contribution in [-0.4, -0.2) is 6.03 Å². The van der Waals surface area contributed by atoms with E-state index in [0.717, 1.165) is 10.0 Å². The molecule has 20 heavy (non-hydrogen) atoms. The van der Waals surface area contributed by atoms with Gasteiger partial charge in [-0.25, -0.2) is 4.79 Å². The van der Waals surface area contributed by atoms with Crippen molar-refractivity contribution in [2.75, 3.05) is 5.32 Å². The second kappa shape index (κ2) is 7.12. The van der Waals surface area contributed by atoms with Gasteiger partial charge in [0, 0.05) is 21.4 Å². The van der Waals surface area contributed by atoms with E-state index in [4.69, 9.17) is 11.6 Å². The number of urea groups is 1. The number of benzene rings is 2. The molecule has 0 saturated heterocycles. The van der Waals surface area contributed by atoms with E-state index < -0.39 is 0 Å². The quantitative estimate of drug-likeness (QED) is 0.811. The SMILES string of the molecule is O=C(N/C=C/c1cccc(Br)c1)Nc1cccc(Cl)c1. The molecule has 0 atom stereocenters. The van der Waals surface area contributed by atoms with E-state index in [-0.39, 0.29) is 6.03 Å². The van der Waals surface area contributed by atoms with Gasteiger partial charge >= 0.3 is 6.03 Å². The zero-order chi connectivity index (χ0) is 14.4. The number of amides is 2. The van der Waals surface area contributed by atoms with Gasteiger partial charge in [0.15, 0.2) is 0 Å². The van der Waals surface area contributed by atoms with Crippen molar-refractivity contribution >= 4 is 45.3 Å². The highest BCUT2D eigenvalue weighted by Crippen LogP contribution is 2.15. The lowest BCUT2D eigenvalue weighted by Gasteiger charge is -2.04. The Morgan fingerprint density at radius 2 is 1.95 bits per heavy atom. The first-order valence-electron chi connectivity index (χ1n) is 5.89. The van der Waals surface area contributed by atoms with Crippen LogP contribution in [0.2, 0.25) is 5.02 Å². The van der Waals surface area contributed by atoms with Gasteiger partial charge in [0.05, 0.1) is 0 Å². The topological polar surface area (TPSA) is 41.1 Å². The predicted octanol–water partition coefficient (Wildman–Crippen LogP) is 4.89. The third kappa shape index (κ3) is 4.72. The molecule has 2 N–H and O–H groups in total. The normalized spacial score (nSPS) is 10.5. The summed E-state index contributed by atoms with van der Waals surface area (Å²) in [6.45, 7) is 0. The van der Waals surface area contributed by atoms with Crippen molar-refractivity contribution in [2.24, 2.45) is 0 Å². The van der Waals surface area contributed by atoms with Crippen LogP contribution in [0.4, 0.5) is 10.5 Å². The van der Waals surface area contributed by atoms with Crippen LogP contribution in [-0.2, 0) is 0 Å². The molecule has 0 aliphatic carbocycles. The lowest BCUT2D eigenvalue weighted by Crippen LogP contribution is -2.23. The Balaban J connectivity index is 1.89. The number of halogens is 2. The van der Waals surface area contributed by atoms with Crippen LogP contribution in [0.25, 0.3) is 6.08 Å². The van der Waals surface area contributed by atoms with E-state index in [1.54, 1.807) is 30.5 Å². The standard InChI is InChI=1S/C15H12BrClN2O/c16-12-4-1-3-11(9-12)7-8-18-15(20)19-14-6-2-5-13(17)10-14/h1-10H,(H2,18,19,20)/b8-7+. The van der Waals surface area contributed by atoms with Crippen molar-refractivity contribution < 1.29 is 4.79 Å². The number of nitrogens with one attached hydrogen (secondary N) is 2. The van der Waals surface area contributed by atoms with Crippen LogP contribution in [0.5, 0.6) is 0 Å². The number of carbonyl (C=O) groups excluding carboxylic acids is 1. The number of carbonyl (C=O) groups is 1. The van der Waals surface area contributed by atoms with Gasteiger partial charge in [0.1, 0.15) is 0 Å². The number of anilines is 1. The first-order chi connectivity index (χ1) is 9.63. The average molecular weight is 352 g/mol. The average Bonchev–Trinajstić information content (AvgIpc) is 2.38. The van der Waals surface area contributed by atoms with E-state index in [1.807, 2.05) is 30.3 Å². The maximum absolute atomic E-state index is 11.7. The summed E-state index contributed by atoms with van der Waals surface area (Å²) >= 11 is 9.23. The minimum atomic E-state index is -0.321. The van der Waals surface area contributed by atoms with Gasteiger partial charge < -0.3 is 10.6 Å². The Morgan fingerprint density at radius 1 is 1.15 bits per heavy atom. The summed E-state index contributed by atoms with van der Waals surface area (Å²) in [5, 5.41) is 5.89. The van der Waals surface area contributed by atoms with Crippen molar-refractivity contribution in [1.29, 1.82) is 0 Å². The fourth-order valence-electron chi connectivity index (χ4n) is 1.56. The maximum Gasteiger partial charge on any atom is 0.323 e. The molecule has 3 nitrogen and oxygen atoms in total. The molecule has 0 aliphatic rings. The monoisotopic (exact) mass is 350 g/mol. The molecule has 2 rings (SSSR count). The summed E-state index contributed by atoms with van der Waals surface area (Å²) in [5.74, 6) is 0. The largest absolute Gasteiger partial charge is 0.323 e. The minimum Gasteiger partial charge on any atom is -0.314 e. The van der Waals surface area contributed by atoms with Crippen molar-refractivity contribution in [1.82, 2.24) is 5.32 Å². The highest BCUT2D eigenvalue weighted by Gasteiger charge is 1.99. The molecule has 0 bridgehead atoms. The Kier molecular flexibility index (Phi) is 5.21. The van der Waals surface area contributed by atoms with Crippen LogP contribution in [0, 0.1) is 0 Å². The third-order valence-electron chi connectivity index (χ3n) is 2.42. The van der Waals surface area contributed by atoms with E-state index >= 15 is 0 Å². The summed E-state index contributed by atoms with van der Waals surface area (Å²) in [6, 6.07) is 14.4. The molecule has 0 spiro atoms. The zero-order valence-corrected chi connectivity index (χ0v) is 12.8.